The van der Waals surface area contributed by atoms with Crippen molar-refractivity contribution < 1.29 is 4.42 Å². The summed E-state index contributed by atoms with van der Waals surface area (Å²) >= 11 is 0. The third kappa shape index (κ3) is 4.25. The Hall–Kier alpha value is -4.26. The molecule has 0 bridgehead atoms. The smallest absolute Gasteiger partial charge is 0.219 e. The maximum atomic E-state index is 5.62. The second-order valence-corrected chi connectivity index (χ2v) is 8.14. The SMILES string of the molecule is Cc1nc(N[C@@H](C)c2cccc(-c3cnc(N)nc3)c2)cc(-c2ccc3occ(C)c3c2)n1. The van der Waals surface area contributed by atoms with E-state index in [0.717, 1.165) is 50.3 Å². The highest BCUT2D eigenvalue weighted by molar-refractivity contribution is 5.85. The Bertz CT molecular complexity index is 1440. The van der Waals surface area contributed by atoms with Crippen molar-refractivity contribution in [3.05, 3.63) is 84.1 Å². The van der Waals surface area contributed by atoms with Crippen LogP contribution in [0.3, 0.4) is 0 Å². The van der Waals surface area contributed by atoms with Crippen molar-refractivity contribution >= 4 is 22.7 Å². The van der Waals surface area contributed by atoms with Gasteiger partial charge >= 0.3 is 0 Å². The van der Waals surface area contributed by atoms with Crippen molar-refractivity contribution in [2.75, 3.05) is 11.1 Å². The van der Waals surface area contributed by atoms with Gasteiger partial charge in [0.1, 0.15) is 17.2 Å². The molecule has 0 aliphatic heterocycles. The standard InChI is InChI=1S/C26H24N6O/c1-15-14-33-24-8-7-20(10-22(15)24)23-11-25(32-17(3)31-23)30-16(2)18-5-4-6-19(9-18)21-12-28-26(27)29-13-21/h4-14,16H,1-3H3,(H2,27,28,29)(H,30,31,32)/t16-/m0/s1. The molecule has 5 aromatic rings. The first-order chi connectivity index (χ1) is 16.0. The second kappa shape index (κ2) is 8.35. The van der Waals surface area contributed by atoms with Gasteiger partial charge in [0, 0.05) is 41.0 Å². The van der Waals surface area contributed by atoms with Gasteiger partial charge in [-0.05, 0) is 61.7 Å². The highest BCUT2D eigenvalue weighted by atomic mass is 16.3. The van der Waals surface area contributed by atoms with E-state index >= 15 is 0 Å². The van der Waals surface area contributed by atoms with E-state index in [2.05, 4.69) is 50.4 Å². The van der Waals surface area contributed by atoms with Gasteiger partial charge in [0.25, 0.3) is 0 Å². The summed E-state index contributed by atoms with van der Waals surface area (Å²) in [5.74, 6) is 1.75. The molecule has 0 spiro atoms. The molecule has 0 amide bonds. The molecule has 3 aromatic heterocycles. The minimum absolute atomic E-state index is 0.0281. The Morgan fingerprint density at radius 2 is 1.73 bits per heavy atom. The normalized spacial score (nSPS) is 12.1. The number of aromatic nitrogens is 4. The molecule has 0 fully saturated rings. The lowest BCUT2D eigenvalue weighted by molar-refractivity contribution is 0.613. The Labute approximate surface area is 191 Å². The number of nitrogens with one attached hydrogen (secondary N) is 1. The summed E-state index contributed by atoms with van der Waals surface area (Å²) in [6, 6.07) is 16.4. The molecule has 33 heavy (non-hydrogen) atoms. The lowest BCUT2D eigenvalue weighted by Crippen LogP contribution is -2.09. The Kier molecular flexibility index (Phi) is 5.22. The van der Waals surface area contributed by atoms with E-state index in [9.17, 15) is 0 Å². The fourth-order valence-corrected chi connectivity index (χ4v) is 3.88. The zero-order chi connectivity index (χ0) is 22.9. The van der Waals surface area contributed by atoms with Crippen LogP contribution in [0.25, 0.3) is 33.4 Å². The molecule has 2 aromatic carbocycles. The van der Waals surface area contributed by atoms with Gasteiger partial charge in [-0.25, -0.2) is 19.9 Å². The van der Waals surface area contributed by atoms with Crippen LogP contribution in [0, 0.1) is 13.8 Å². The second-order valence-electron chi connectivity index (χ2n) is 8.14. The fourth-order valence-electron chi connectivity index (χ4n) is 3.88. The summed E-state index contributed by atoms with van der Waals surface area (Å²) in [4.78, 5) is 17.5. The molecule has 164 valence electrons. The molecule has 7 heteroatoms. The molecular weight excluding hydrogens is 412 g/mol. The highest BCUT2D eigenvalue weighted by Crippen LogP contribution is 2.29. The van der Waals surface area contributed by atoms with Crippen molar-refractivity contribution in [1.82, 2.24) is 19.9 Å². The van der Waals surface area contributed by atoms with Gasteiger partial charge in [0.2, 0.25) is 5.95 Å². The number of hydrogen-bond donors (Lipinski definition) is 2. The van der Waals surface area contributed by atoms with Gasteiger partial charge in [0.15, 0.2) is 0 Å². The number of nitrogens with two attached hydrogens (primary N) is 1. The van der Waals surface area contributed by atoms with E-state index in [4.69, 9.17) is 10.2 Å². The topological polar surface area (TPSA) is 103 Å². The monoisotopic (exact) mass is 436 g/mol. The Morgan fingerprint density at radius 1 is 0.909 bits per heavy atom. The van der Waals surface area contributed by atoms with Gasteiger partial charge in [-0.2, -0.15) is 0 Å². The number of fused-ring (bicyclic) bond motifs is 1. The molecule has 0 aliphatic carbocycles. The van der Waals surface area contributed by atoms with E-state index in [0.29, 0.717) is 5.82 Å². The molecule has 3 N–H and O–H groups in total. The largest absolute Gasteiger partial charge is 0.464 e. The number of aryl methyl sites for hydroxylation is 2. The molecule has 7 nitrogen and oxygen atoms in total. The third-order valence-electron chi connectivity index (χ3n) is 5.66. The fraction of sp³-hybridized carbons (Fsp3) is 0.154. The van der Waals surface area contributed by atoms with Crippen molar-refractivity contribution in [2.24, 2.45) is 0 Å². The maximum Gasteiger partial charge on any atom is 0.219 e. The van der Waals surface area contributed by atoms with E-state index in [1.807, 2.05) is 44.2 Å². The van der Waals surface area contributed by atoms with Crippen molar-refractivity contribution in [1.29, 1.82) is 0 Å². The first-order valence-corrected chi connectivity index (χ1v) is 10.7. The number of furan rings is 1. The lowest BCUT2D eigenvalue weighted by atomic mass is 10.0. The first-order valence-electron chi connectivity index (χ1n) is 10.7. The summed E-state index contributed by atoms with van der Waals surface area (Å²) in [6.07, 6.45) is 5.25. The van der Waals surface area contributed by atoms with Crippen LogP contribution in [-0.4, -0.2) is 19.9 Å². The molecule has 1 atom stereocenters. The molecule has 0 radical (unpaired) electrons. The number of rotatable bonds is 5. The van der Waals surface area contributed by atoms with Gasteiger partial charge in [-0.15, -0.1) is 0 Å². The van der Waals surface area contributed by atoms with Gasteiger partial charge in [-0.3, -0.25) is 0 Å². The van der Waals surface area contributed by atoms with Crippen LogP contribution in [-0.2, 0) is 0 Å². The van der Waals surface area contributed by atoms with Crippen molar-refractivity contribution in [2.45, 2.75) is 26.8 Å². The minimum atomic E-state index is 0.0281. The first kappa shape index (κ1) is 20.6. The zero-order valence-electron chi connectivity index (χ0n) is 18.7. The van der Waals surface area contributed by atoms with Crippen LogP contribution in [0.2, 0.25) is 0 Å². The molecule has 5 rings (SSSR count). The molecule has 0 unspecified atom stereocenters. The zero-order valence-corrected chi connectivity index (χ0v) is 18.7. The summed E-state index contributed by atoms with van der Waals surface area (Å²) in [5, 5.41) is 4.61. The molecule has 3 heterocycles. The quantitative estimate of drug-likeness (QED) is 0.363. The predicted octanol–water partition coefficient (Wildman–Crippen LogP) is 5.72. The summed E-state index contributed by atoms with van der Waals surface area (Å²) < 4.78 is 5.58. The Morgan fingerprint density at radius 3 is 2.55 bits per heavy atom. The maximum absolute atomic E-state index is 5.62. The third-order valence-corrected chi connectivity index (χ3v) is 5.66. The number of nitrogen functional groups attached to an aromatic ring is 1. The molecule has 0 saturated heterocycles. The van der Waals surface area contributed by atoms with Crippen LogP contribution < -0.4 is 11.1 Å². The number of nitrogens with zero attached hydrogens (tertiary/aromatic N) is 4. The molecule has 0 saturated carbocycles. The number of benzene rings is 2. The summed E-state index contributed by atoms with van der Waals surface area (Å²) in [5.41, 5.74) is 12.6. The predicted molar refractivity (Wildman–Crippen MR) is 131 cm³/mol. The van der Waals surface area contributed by atoms with Gasteiger partial charge in [0.05, 0.1) is 12.0 Å². The van der Waals surface area contributed by atoms with Crippen LogP contribution >= 0.6 is 0 Å². The average Bonchev–Trinajstić information content (AvgIpc) is 3.19. The van der Waals surface area contributed by atoms with Crippen LogP contribution in [0.4, 0.5) is 11.8 Å². The van der Waals surface area contributed by atoms with Crippen LogP contribution in [0.5, 0.6) is 0 Å². The summed E-state index contributed by atoms with van der Waals surface area (Å²) in [7, 11) is 0. The number of anilines is 2. The Balaban J connectivity index is 1.42. The van der Waals surface area contributed by atoms with E-state index in [-0.39, 0.29) is 12.0 Å². The van der Waals surface area contributed by atoms with E-state index in [1.54, 1.807) is 18.7 Å². The van der Waals surface area contributed by atoms with Gasteiger partial charge in [-0.1, -0.05) is 18.2 Å². The highest BCUT2D eigenvalue weighted by Gasteiger charge is 2.12. The summed E-state index contributed by atoms with van der Waals surface area (Å²) in [6.45, 7) is 6.05. The number of hydrogen-bond acceptors (Lipinski definition) is 7. The molecular formula is C26H24N6O. The molecule has 0 aliphatic rings. The van der Waals surface area contributed by atoms with Gasteiger partial charge < -0.3 is 15.5 Å². The minimum Gasteiger partial charge on any atom is -0.464 e. The van der Waals surface area contributed by atoms with Crippen molar-refractivity contribution in [3.8, 4) is 22.4 Å². The van der Waals surface area contributed by atoms with Crippen LogP contribution in [0.15, 0.2) is 71.6 Å². The van der Waals surface area contributed by atoms with Crippen molar-refractivity contribution in [3.63, 3.8) is 0 Å². The average molecular weight is 437 g/mol. The van der Waals surface area contributed by atoms with E-state index in [1.165, 1.54) is 0 Å². The lowest BCUT2D eigenvalue weighted by Gasteiger charge is -2.17. The van der Waals surface area contributed by atoms with Crippen LogP contribution in [0.1, 0.15) is 29.9 Å². The van der Waals surface area contributed by atoms with E-state index < -0.39 is 0 Å².